The van der Waals surface area contributed by atoms with Crippen molar-refractivity contribution in [3.8, 4) is 12.1 Å². The molecule has 0 radical (unpaired) electrons. The first-order valence-corrected chi connectivity index (χ1v) is 6.18. The predicted molar refractivity (Wildman–Crippen MR) is 71.9 cm³/mol. The third-order valence-corrected chi connectivity index (χ3v) is 3.59. The fourth-order valence-corrected chi connectivity index (χ4v) is 2.41. The highest BCUT2D eigenvalue weighted by atomic mass is 32.1. The number of rotatable bonds is 3. The number of thiophene rings is 1. The van der Waals surface area contributed by atoms with E-state index in [1.54, 1.807) is 12.1 Å². The molecule has 1 heterocycles. The maximum absolute atomic E-state index is 12.8. The zero-order valence-electron chi connectivity index (χ0n) is 9.77. The lowest BCUT2D eigenvalue weighted by molar-refractivity contribution is 0.627. The minimum absolute atomic E-state index is 0.205. The molecule has 0 saturated heterocycles. The van der Waals surface area contributed by atoms with Crippen molar-refractivity contribution in [1.29, 1.82) is 10.5 Å². The van der Waals surface area contributed by atoms with Crippen LogP contribution in [0.4, 0.5) is 15.1 Å². The number of nitrogen functional groups attached to an aromatic ring is 1. The normalized spacial score (nSPS) is 9.63. The predicted octanol–water partition coefficient (Wildman–Crippen LogP) is 2.82. The summed E-state index contributed by atoms with van der Waals surface area (Å²) in [5.74, 6) is -0.298. The average molecular weight is 272 g/mol. The van der Waals surface area contributed by atoms with Crippen molar-refractivity contribution in [3.05, 3.63) is 46.1 Å². The molecule has 0 spiro atoms. The van der Waals surface area contributed by atoms with Gasteiger partial charge in [-0.1, -0.05) is 12.1 Å². The molecule has 2 rings (SSSR count). The molecule has 0 fully saturated rings. The highest BCUT2D eigenvalue weighted by Gasteiger charge is 2.15. The van der Waals surface area contributed by atoms with Crippen LogP contribution in [0.25, 0.3) is 0 Å². The van der Waals surface area contributed by atoms with Gasteiger partial charge in [-0.3, -0.25) is 0 Å². The Morgan fingerprint density at radius 3 is 2.47 bits per heavy atom. The van der Waals surface area contributed by atoms with E-state index in [1.807, 2.05) is 12.1 Å². The molecule has 0 amide bonds. The van der Waals surface area contributed by atoms with E-state index in [-0.39, 0.29) is 17.1 Å². The van der Waals surface area contributed by atoms with E-state index < -0.39 is 0 Å². The molecule has 1 aromatic heterocycles. The summed E-state index contributed by atoms with van der Waals surface area (Å²) in [7, 11) is 0. The zero-order chi connectivity index (χ0) is 13.8. The van der Waals surface area contributed by atoms with Crippen LogP contribution in [0.5, 0.6) is 0 Å². The van der Waals surface area contributed by atoms with Crippen LogP contribution in [0, 0.1) is 28.5 Å². The van der Waals surface area contributed by atoms with Crippen LogP contribution in [-0.2, 0) is 6.54 Å². The summed E-state index contributed by atoms with van der Waals surface area (Å²) in [6.07, 6.45) is 0. The Morgan fingerprint density at radius 2 is 1.89 bits per heavy atom. The van der Waals surface area contributed by atoms with Gasteiger partial charge in [-0.25, -0.2) is 4.39 Å². The van der Waals surface area contributed by atoms with Crippen LogP contribution in [0.15, 0.2) is 24.3 Å². The number of halogens is 1. The van der Waals surface area contributed by atoms with Crippen LogP contribution >= 0.6 is 11.3 Å². The molecule has 0 aliphatic rings. The lowest BCUT2D eigenvalue weighted by atomic mass is 10.2. The molecule has 4 nitrogen and oxygen atoms in total. The smallest absolute Gasteiger partial charge is 0.131 e. The third kappa shape index (κ3) is 2.65. The topological polar surface area (TPSA) is 85.6 Å². The van der Waals surface area contributed by atoms with Crippen LogP contribution < -0.4 is 11.1 Å². The minimum Gasteiger partial charge on any atom is -0.396 e. The third-order valence-electron chi connectivity index (χ3n) is 2.52. The summed E-state index contributed by atoms with van der Waals surface area (Å²) >= 11 is 1.14. The van der Waals surface area contributed by atoms with Crippen molar-refractivity contribution in [2.75, 3.05) is 11.1 Å². The highest BCUT2D eigenvalue weighted by molar-refractivity contribution is 7.17. The first-order chi connectivity index (χ1) is 9.15. The van der Waals surface area contributed by atoms with Crippen molar-refractivity contribution < 1.29 is 4.39 Å². The molecule has 0 atom stereocenters. The maximum Gasteiger partial charge on any atom is 0.131 e. The van der Waals surface area contributed by atoms with Crippen molar-refractivity contribution in [2.45, 2.75) is 6.54 Å². The first kappa shape index (κ1) is 12.9. The van der Waals surface area contributed by atoms with Gasteiger partial charge in [-0.2, -0.15) is 10.5 Å². The second-order valence-electron chi connectivity index (χ2n) is 3.75. The quantitative estimate of drug-likeness (QED) is 0.899. The zero-order valence-corrected chi connectivity index (χ0v) is 10.6. The molecule has 0 aliphatic carbocycles. The van der Waals surface area contributed by atoms with Gasteiger partial charge in [0.1, 0.15) is 33.4 Å². The van der Waals surface area contributed by atoms with E-state index in [4.69, 9.17) is 16.3 Å². The first-order valence-electron chi connectivity index (χ1n) is 5.36. The standard InChI is InChI=1S/C13H9FN4S/c14-9-3-1-8(2-4-9)7-18-13-10(5-15)12(17)11(6-16)19-13/h1-4,18H,7,17H2. The molecule has 0 saturated carbocycles. The molecule has 3 N–H and O–H groups in total. The van der Waals surface area contributed by atoms with Crippen LogP contribution in [-0.4, -0.2) is 0 Å². The number of benzene rings is 1. The van der Waals surface area contributed by atoms with Crippen LogP contribution in [0.3, 0.4) is 0 Å². The number of hydrogen-bond donors (Lipinski definition) is 2. The number of nitrogens with one attached hydrogen (secondary N) is 1. The molecule has 94 valence electrons. The van der Waals surface area contributed by atoms with Crippen LogP contribution in [0.1, 0.15) is 16.0 Å². The lowest BCUT2D eigenvalue weighted by Crippen LogP contribution is -1.99. The monoisotopic (exact) mass is 272 g/mol. The van der Waals surface area contributed by atoms with E-state index in [9.17, 15) is 4.39 Å². The van der Waals surface area contributed by atoms with Crippen molar-refractivity contribution in [3.63, 3.8) is 0 Å². The molecule has 0 unspecified atom stereocenters. The molecule has 1 aromatic carbocycles. The van der Waals surface area contributed by atoms with Crippen molar-refractivity contribution in [1.82, 2.24) is 0 Å². The number of anilines is 2. The molecular formula is C13H9FN4S. The van der Waals surface area contributed by atoms with Gasteiger partial charge in [-0.15, -0.1) is 11.3 Å². The fourth-order valence-electron chi connectivity index (χ4n) is 1.55. The Labute approximate surface area is 113 Å². The maximum atomic E-state index is 12.8. The summed E-state index contributed by atoms with van der Waals surface area (Å²) in [6, 6.07) is 9.96. The second-order valence-corrected chi connectivity index (χ2v) is 4.77. The van der Waals surface area contributed by atoms with Crippen molar-refractivity contribution >= 4 is 22.0 Å². The fraction of sp³-hybridized carbons (Fsp3) is 0.0769. The van der Waals surface area contributed by atoms with E-state index >= 15 is 0 Å². The summed E-state index contributed by atoms with van der Waals surface area (Å²) < 4.78 is 12.8. The van der Waals surface area contributed by atoms with Gasteiger partial charge in [0.05, 0.1) is 5.69 Å². The Balaban J connectivity index is 2.18. The van der Waals surface area contributed by atoms with E-state index in [1.165, 1.54) is 12.1 Å². The summed E-state index contributed by atoms with van der Waals surface area (Å²) in [6.45, 7) is 0.430. The van der Waals surface area contributed by atoms with Gasteiger partial charge in [0.15, 0.2) is 0 Å². The molecular weight excluding hydrogens is 263 g/mol. The average Bonchev–Trinajstić information content (AvgIpc) is 2.73. The number of nitriles is 2. The summed E-state index contributed by atoms with van der Waals surface area (Å²) in [5.41, 5.74) is 7.05. The van der Waals surface area contributed by atoms with Gasteiger partial charge < -0.3 is 11.1 Å². The van der Waals surface area contributed by atoms with Gasteiger partial charge in [0.25, 0.3) is 0 Å². The van der Waals surface area contributed by atoms with E-state index in [0.29, 0.717) is 16.4 Å². The SMILES string of the molecule is N#Cc1sc(NCc2ccc(F)cc2)c(C#N)c1N. The van der Waals surface area contributed by atoms with E-state index in [0.717, 1.165) is 16.9 Å². The van der Waals surface area contributed by atoms with Crippen molar-refractivity contribution in [2.24, 2.45) is 0 Å². The molecule has 19 heavy (non-hydrogen) atoms. The Kier molecular flexibility index (Phi) is 3.65. The Hall–Kier alpha value is -2.57. The van der Waals surface area contributed by atoms with Gasteiger partial charge >= 0.3 is 0 Å². The molecule has 2 aromatic rings. The molecule has 6 heteroatoms. The molecule has 0 bridgehead atoms. The van der Waals surface area contributed by atoms with Gasteiger partial charge in [0, 0.05) is 6.54 Å². The Morgan fingerprint density at radius 1 is 1.21 bits per heavy atom. The minimum atomic E-state index is -0.298. The Bertz CT molecular complexity index is 676. The van der Waals surface area contributed by atoms with E-state index in [2.05, 4.69) is 5.32 Å². The lowest BCUT2D eigenvalue weighted by Gasteiger charge is -2.04. The number of nitrogens with zero attached hydrogens (tertiary/aromatic N) is 2. The van der Waals surface area contributed by atoms with Crippen LogP contribution in [0.2, 0.25) is 0 Å². The summed E-state index contributed by atoms with van der Waals surface area (Å²) in [5, 5.41) is 21.5. The largest absolute Gasteiger partial charge is 0.396 e. The number of nitrogens with two attached hydrogens (primary N) is 1. The van der Waals surface area contributed by atoms with Gasteiger partial charge in [0.2, 0.25) is 0 Å². The highest BCUT2D eigenvalue weighted by Crippen LogP contribution is 2.34. The number of hydrogen-bond acceptors (Lipinski definition) is 5. The summed E-state index contributed by atoms with van der Waals surface area (Å²) in [4.78, 5) is 0.318. The molecule has 0 aliphatic heterocycles. The van der Waals surface area contributed by atoms with Gasteiger partial charge in [-0.05, 0) is 17.7 Å². The second kappa shape index (κ2) is 5.38.